The van der Waals surface area contributed by atoms with Crippen molar-refractivity contribution in [1.82, 2.24) is 9.80 Å². The van der Waals surface area contributed by atoms with Gasteiger partial charge in [-0.15, -0.1) is 0 Å². The predicted octanol–water partition coefficient (Wildman–Crippen LogP) is 1.85. The number of carbonyl (C=O) groups excluding carboxylic acids is 1. The van der Waals surface area contributed by atoms with Gasteiger partial charge < -0.3 is 9.64 Å². The van der Waals surface area contributed by atoms with E-state index in [1.54, 1.807) is 0 Å². The van der Waals surface area contributed by atoms with Gasteiger partial charge in [0, 0.05) is 26.2 Å². The first-order valence-corrected chi connectivity index (χ1v) is 7.96. The zero-order valence-corrected chi connectivity index (χ0v) is 12.9. The average molecular weight is 288 g/mol. The fraction of sp³-hybridized carbons (Fsp3) is 0.588. The van der Waals surface area contributed by atoms with Crippen LogP contribution >= 0.6 is 0 Å². The number of fused-ring (bicyclic) bond motifs is 3. The Bertz CT molecular complexity index is 513. The quantitative estimate of drug-likeness (QED) is 0.851. The van der Waals surface area contributed by atoms with Crippen LogP contribution in [0.3, 0.4) is 0 Å². The summed E-state index contributed by atoms with van der Waals surface area (Å²) in [7, 11) is 0. The van der Waals surface area contributed by atoms with Crippen LogP contribution in [0.1, 0.15) is 31.0 Å². The number of hydrogen-bond acceptors (Lipinski definition) is 3. The molecule has 0 spiro atoms. The van der Waals surface area contributed by atoms with E-state index in [2.05, 4.69) is 29.2 Å². The molecule has 2 aliphatic rings. The van der Waals surface area contributed by atoms with E-state index in [0.717, 1.165) is 26.1 Å². The highest BCUT2D eigenvalue weighted by atomic mass is 16.5. The summed E-state index contributed by atoms with van der Waals surface area (Å²) in [6, 6.07) is 8.91. The van der Waals surface area contributed by atoms with Gasteiger partial charge in [0.2, 0.25) is 0 Å². The summed E-state index contributed by atoms with van der Waals surface area (Å²) < 4.78 is 5.92. The molecule has 0 aromatic heterocycles. The Morgan fingerprint density at radius 3 is 2.86 bits per heavy atom. The van der Waals surface area contributed by atoms with Crippen molar-refractivity contribution >= 4 is 5.91 Å². The Morgan fingerprint density at radius 2 is 2.10 bits per heavy atom. The maximum atomic E-state index is 12.5. The second-order valence-corrected chi connectivity index (χ2v) is 5.79. The lowest BCUT2D eigenvalue weighted by molar-refractivity contribution is -0.153. The fourth-order valence-electron chi connectivity index (χ4n) is 3.48. The molecule has 2 atom stereocenters. The predicted molar refractivity (Wildman–Crippen MR) is 82.1 cm³/mol. The molecule has 0 saturated carbocycles. The second kappa shape index (κ2) is 6.16. The van der Waals surface area contributed by atoms with Crippen LogP contribution < -0.4 is 0 Å². The Kier molecular flexibility index (Phi) is 4.27. The van der Waals surface area contributed by atoms with Gasteiger partial charge in [-0.3, -0.25) is 9.69 Å². The van der Waals surface area contributed by atoms with Gasteiger partial charge in [0.05, 0.1) is 12.6 Å². The van der Waals surface area contributed by atoms with Crippen LogP contribution in [0.5, 0.6) is 0 Å². The van der Waals surface area contributed by atoms with Gasteiger partial charge in [-0.1, -0.05) is 24.3 Å². The molecule has 0 bridgehead atoms. The minimum Gasteiger partial charge on any atom is -0.365 e. The number of nitrogens with zero attached hydrogens (tertiary/aromatic N) is 2. The molecule has 114 valence electrons. The minimum atomic E-state index is -0.300. The van der Waals surface area contributed by atoms with Crippen molar-refractivity contribution in [2.24, 2.45) is 0 Å². The van der Waals surface area contributed by atoms with E-state index in [4.69, 9.17) is 4.74 Å². The van der Waals surface area contributed by atoms with E-state index < -0.39 is 0 Å². The third kappa shape index (κ3) is 2.70. The summed E-state index contributed by atoms with van der Waals surface area (Å²) in [5.41, 5.74) is 2.80. The van der Waals surface area contributed by atoms with Crippen LogP contribution in [0, 0.1) is 0 Å². The Hall–Kier alpha value is -1.39. The molecule has 4 heteroatoms. The van der Waals surface area contributed by atoms with Crippen LogP contribution in [0.25, 0.3) is 0 Å². The molecule has 1 aromatic rings. The monoisotopic (exact) mass is 288 g/mol. The van der Waals surface area contributed by atoms with Gasteiger partial charge in [0.15, 0.2) is 0 Å². The van der Waals surface area contributed by atoms with E-state index in [9.17, 15) is 4.79 Å². The molecule has 3 rings (SSSR count). The number of ether oxygens (including phenoxy) is 1. The molecule has 4 nitrogen and oxygen atoms in total. The molecule has 2 heterocycles. The third-order valence-corrected chi connectivity index (χ3v) is 4.73. The highest BCUT2D eigenvalue weighted by Gasteiger charge is 2.37. The van der Waals surface area contributed by atoms with Crippen LogP contribution in [-0.2, 0) is 16.0 Å². The van der Waals surface area contributed by atoms with Gasteiger partial charge in [-0.05, 0) is 31.4 Å². The average Bonchev–Trinajstić information content (AvgIpc) is 2.55. The molecule has 0 aliphatic carbocycles. The Balaban J connectivity index is 1.72. The van der Waals surface area contributed by atoms with Crippen molar-refractivity contribution in [2.75, 3.05) is 32.8 Å². The summed E-state index contributed by atoms with van der Waals surface area (Å²) in [4.78, 5) is 16.7. The zero-order valence-electron chi connectivity index (χ0n) is 12.9. The van der Waals surface area contributed by atoms with Crippen LogP contribution in [0.4, 0.5) is 0 Å². The molecule has 0 N–H and O–H groups in total. The first-order valence-electron chi connectivity index (χ1n) is 7.96. The molecule has 21 heavy (non-hydrogen) atoms. The van der Waals surface area contributed by atoms with Gasteiger partial charge >= 0.3 is 0 Å². The number of rotatable bonds is 3. The molecule has 2 aliphatic heterocycles. The molecular weight excluding hydrogens is 264 g/mol. The van der Waals surface area contributed by atoms with Crippen molar-refractivity contribution in [3.8, 4) is 0 Å². The van der Waals surface area contributed by atoms with Crippen molar-refractivity contribution in [1.29, 1.82) is 0 Å². The maximum absolute atomic E-state index is 12.5. The lowest BCUT2D eigenvalue weighted by atomic mass is 9.91. The summed E-state index contributed by atoms with van der Waals surface area (Å²) in [5.74, 6) is 0.136. The largest absolute Gasteiger partial charge is 0.365 e. The number of carbonyl (C=O) groups is 1. The van der Waals surface area contributed by atoms with Crippen molar-refractivity contribution < 1.29 is 9.53 Å². The van der Waals surface area contributed by atoms with Crippen molar-refractivity contribution in [3.63, 3.8) is 0 Å². The van der Waals surface area contributed by atoms with Crippen molar-refractivity contribution in [2.45, 2.75) is 32.4 Å². The maximum Gasteiger partial charge on any atom is 0.253 e. The van der Waals surface area contributed by atoms with Gasteiger partial charge in [-0.2, -0.15) is 0 Å². The number of morpholine rings is 1. The summed E-state index contributed by atoms with van der Waals surface area (Å²) in [5, 5.41) is 0. The highest BCUT2D eigenvalue weighted by Crippen LogP contribution is 2.33. The highest BCUT2D eigenvalue weighted by molar-refractivity contribution is 5.81. The Labute approximate surface area is 126 Å². The normalized spacial score (nSPS) is 25.0. The third-order valence-electron chi connectivity index (χ3n) is 4.73. The van der Waals surface area contributed by atoms with E-state index in [-0.39, 0.29) is 12.0 Å². The number of amides is 1. The summed E-state index contributed by atoms with van der Waals surface area (Å²) in [6.07, 6.45) is 0.769. The number of hydrogen-bond donors (Lipinski definition) is 0. The van der Waals surface area contributed by atoms with Crippen LogP contribution in [0.2, 0.25) is 0 Å². The smallest absolute Gasteiger partial charge is 0.253 e. The number of benzene rings is 1. The summed E-state index contributed by atoms with van der Waals surface area (Å²) >= 11 is 0. The standard InChI is InChI=1S/C17H24N2O2/c1-3-18(4-2)17(20)16-11-19-10-9-13-7-5-6-8-14(13)15(19)12-21-16/h5-8,15-16H,3-4,9-12H2,1-2H3. The molecule has 2 unspecified atom stereocenters. The van der Waals surface area contributed by atoms with Gasteiger partial charge in [0.1, 0.15) is 6.10 Å². The number of likely N-dealkylation sites (N-methyl/N-ethyl adjacent to an activating group) is 1. The minimum absolute atomic E-state index is 0.136. The molecule has 1 fully saturated rings. The van der Waals surface area contributed by atoms with Crippen molar-refractivity contribution in [3.05, 3.63) is 35.4 Å². The van der Waals surface area contributed by atoms with E-state index in [1.807, 2.05) is 18.7 Å². The molecule has 1 amide bonds. The topological polar surface area (TPSA) is 32.8 Å². The van der Waals surface area contributed by atoms with Crippen LogP contribution in [-0.4, -0.2) is 54.6 Å². The Morgan fingerprint density at radius 1 is 1.33 bits per heavy atom. The molecule has 1 aromatic carbocycles. The van der Waals surface area contributed by atoms with Gasteiger partial charge in [0.25, 0.3) is 5.91 Å². The molecule has 0 radical (unpaired) electrons. The second-order valence-electron chi connectivity index (χ2n) is 5.79. The zero-order chi connectivity index (χ0) is 14.8. The lowest BCUT2D eigenvalue weighted by Gasteiger charge is -2.43. The summed E-state index contributed by atoms with van der Waals surface area (Å²) in [6.45, 7) is 7.90. The van der Waals surface area contributed by atoms with Gasteiger partial charge in [-0.25, -0.2) is 0 Å². The van der Waals surface area contributed by atoms with Crippen LogP contribution in [0.15, 0.2) is 24.3 Å². The first kappa shape index (κ1) is 14.5. The lowest BCUT2D eigenvalue weighted by Crippen LogP contribution is -2.53. The van der Waals surface area contributed by atoms with E-state index in [0.29, 0.717) is 19.2 Å². The molecule has 1 saturated heterocycles. The first-order chi connectivity index (χ1) is 10.2. The van der Waals surface area contributed by atoms with E-state index >= 15 is 0 Å². The SMILES string of the molecule is CCN(CC)C(=O)C1CN2CCc3ccccc3C2CO1. The molecular formula is C17H24N2O2. The fourth-order valence-corrected chi connectivity index (χ4v) is 3.48. The van der Waals surface area contributed by atoms with E-state index in [1.165, 1.54) is 11.1 Å².